The van der Waals surface area contributed by atoms with Gasteiger partial charge in [-0.2, -0.15) is 0 Å². The minimum absolute atomic E-state index is 0.110. The summed E-state index contributed by atoms with van der Waals surface area (Å²) >= 11 is 1.46. The summed E-state index contributed by atoms with van der Waals surface area (Å²) < 4.78 is 5.45. The van der Waals surface area contributed by atoms with Crippen LogP contribution in [0.1, 0.15) is 24.7 Å². The SMILES string of the molecule is CCOc1ccc(NC(=O)C(Sc2ccc(NC(C)=O)cc2)c2ccccc2)cc1. The second-order valence-corrected chi connectivity index (χ2v) is 7.74. The van der Waals surface area contributed by atoms with Crippen molar-refractivity contribution in [1.29, 1.82) is 0 Å². The Balaban J connectivity index is 1.77. The molecule has 30 heavy (non-hydrogen) atoms. The smallest absolute Gasteiger partial charge is 0.242 e. The number of ether oxygens (including phenoxy) is 1. The Labute approximate surface area is 180 Å². The zero-order valence-electron chi connectivity index (χ0n) is 16.9. The number of thioether (sulfide) groups is 1. The molecule has 0 aliphatic carbocycles. The maximum absolute atomic E-state index is 13.1. The fourth-order valence-electron chi connectivity index (χ4n) is 2.87. The number of hydrogen-bond donors (Lipinski definition) is 2. The summed E-state index contributed by atoms with van der Waals surface area (Å²) in [6.07, 6.45) is 0. The number of anilines is 2. The van der Waals surface area contributed by atoms with E-state index in [4.69, 9.17) is 4.74 Å². The zero-order chi connectivity index (χ0) is 21.3. The van der Waals surface area contributed by atoms with Crippen molar-refractivity contribution in [1.82, 2.24) is 0 Å². The lowest BCUT2D eigenvalue weighted by Gasteiger charge is -2.17. The van der Waals surface area contributed by atoms with Crippen LogP contribution in [-0.2, 0) is 9.59 Å². The molecular weight excluding hydrogens is 396 g/mol. The molecule has 3 aromatic rings. The lowest BCUT2D eigenvalue weighted by Crippen LogP contribution is -2.19. The molecule has 0 saturated heterocycles. The van der Waals surface area contributed by atoms with E-state index in [0.29, 0.717) is 12.3 Å². The monoisotopic (exact) mass is 420 g/mol. The summed E-state index contributed by atoms with van der Waals surface area (Å²) in [5.74, 6) is 0.539. The molecule has 5 nitrogen and oxygen atoms in total. The van der Waals surface area contributed by atoms with E-state index in [2.05, 4.69) is 10.6 Å². The van der Waals surface area contributed by atoms with E-state index in [0.717, 1.165) is 21.9 Å². The van der Waals surface area contributed by atoms with E-state index >= 15 is 0 Å². The summed E-state index contributed by atoms with van der Waals surface area (Å²) in [4.78, 5) is 25.3. The van der Waals surface area contributed by atoms with Gasteiger partial charge in [0.15, 0.2) is 0 Å². The van der Waals surface area contributed by atoms with Crippen LogP contribution in [0.25, 0.3) is 0 Å². The van der Waals surface area contributed by atoms with E-state index in [9.17, 15) is 9.59 Å². The number of amides is 2. The highest BCUT2D eigenvalue weighted by Crippen LogP contribution is 2.36. The Morgan fingerprint density at radius 3 is 2.07 bits per heavy atom. The molecule has 1 unspecified atom stereocenters. The molecule has 0 aliphatic heterocycles. The van der Waals surface area contributed by atoms with Gasteiger partial charge < -0.3 is 15.4 Å². The largest absolute Gasteiger partial charge is 0.494 e. The second-order valence-electron chi connectivity index (χ2n) is 6.56. The first kappa shape index (κ1) is 21.5. The normalized spacial score (nSPS) is 11.4. The third-order valence-electron chi connectivity index (χ3n) is 4.20. The van der Waals surface area contributed by atoms with Gasteiger partial charge in [0.05, 0.1) is 6.61 Å². The van der Waals surface area contributed by atoms with Crippen LogP contribution in [-0.4, -0.2) is 18.4 Å². The van der Waals surface area contributed by atoms with Crippen LogP contribution >= 0.6 is 11.8 Å². The van der Waals surface area contributed by atoms with E-state index < -0.39 is 5.25 Å². The minimum atomic E-state index is -0.426. The summed E-state index contributed by atoms with van der Waals surface area (Å²) in [5, 5.41) is 5.32. The van der Waals surface area contributed by atoms with Gasteiger partial charge in [-0.1, -0.05) is 30.3 Å². The van der Waals surface area contributed by atoms with Gasteiger partial charge >= 0.3 is 0 Å². The van der Waals surface area contributed by atoms with Gasteiger partial charge in [-0.25, -0.2) is 0 Å². The lowest BCUT2D eigenvalue weighted by atomic mass is 10.1. The number of benzene rings is 3. The first-order valence-corrected chi connectivity index (χ1v) is 10.6. The van der Waals surface area contributed by atoms with Crippen molar-refractivity contribution in [2.75, 3.05) is 17.2 Å². The second kappa shape index (κ2) is 10.5. The van der Waals surface area contributed by atoms with Crippen molar-refractivity contribution >= 4 is 35.0 Å². The highest BCUT2D eigenvalue weighted by molar-refractivity contribution is 8.00. The molecule has 1 atom stereocenters. The predicted molar refractivity (Wildman–Crippen MR) is 122 cm³/mol. The maximum Gasteiger partial charge on any atom is 0.242 e. The van der Waals surface area contributed by atoms with Gasteiger partial charge in [0.1, 0.15) is 11.0 Å². The van der Waals surface area contributed by atoms with Crippen molar-refractivity contribution in [3.05, 3.63) is 84.4 Å². The number of hydrogen-bond acceptors (Lipinski definition) is 4. The molecule has 2 N–H and O–H groups in total. The molecule has 0 spiro atoms. The molecule has 154 valence electrons. The molecule has 6 heteroatoms. The third kappa shape index (κ3) is 6.12. The highest BCUT2D eigenvalue weighted by atomic mass is 32.2. The number of carbonyl (C=O) groups is 2. The first-order valence-electron chi connectivity index (χ1n) is 9.68. The topological polar surface area (TPSA) is 67.4 Å². The number of rotatable bonds is 8. The summed E-state index contributed by atoms with van der Waals surface area (Å²) in [7, 11) is 0. The zero-order valence-corrected chi connectivity index (χ0v) is 17.7. The average molecular weight is 421 g/mol. The number of carbonyl (C=O) groups excluding carboxylic acids is 2. The van der Waals surface area contributed by atoms with Crippen LogP contribution in [0.15, 0.2) is 83.8 Å². The van der Waals surface area contributed by atoms with Crippen molar-refractivity contribution in [3.63, 3.8) is 0 Å². The first-order chi connectivity index (χ1) is 14.5. The van der Waals surface area contributed by atoms with Crippen LogP contribution in [0.3, 0.4) is 0 Å². The van der Waals surface area contributed by atoms with Gasteiger partial charge in [-0.05, 0) is 61.0 Å². The van der Waals surface area contributed by atoms with E-state index in [1.54, 1.807) is 0 Å². The van der Waals surface area contributed by atoms with Crippen LogP contribution < -0.4 is 15.4 Å². The summed E-state index contributed by atoms with van der Waals surface area (Å²) in [5.41, 5.74) is 2.35. The van der Waals surface area contributed by atoms with E-state index in [1.165, 1.54) is 18.7 Å². The Hall–Kier alpha value is -3.25. The molecular formula is C24H24N2O3S. The Morgan fingerprint density at radius 2 is 1.47 bits per heavy atom. The van der Waals surface area contributed by atoms with Gasteiger partial charge in [-0.15, -0.1) is 11.8 Å². The molecule has 0 saturated carbocycles. The van der Waals surface area contributed by atoms with E-state index in [1.807, 2.05) is 85.8 Å². The quantitative estimate of drug-likeness (QED) is 0.471. The maximum atomic E-state index is 13.1. The van der Waals surface area contributed by atoms with Crippen molar-refractivity contribution in [3.8, 4) is 5.75 Å². The van der Waals surface area contributed by atoms with Crippen LogP contribution in [0.5, 0.6) is 5.75 Å². The molecule has 2 amide bonds. The lowest BCUT2D eigenvalue weighted by molar-refractivity contribution is -0.116. The van der Waals surface area contributed by atoms with Crippen molar-refractivity contribution < 1.29 is 14.3 Å². The van der Waals surface area contributed by atoms with Gasteiger partial charge in [0.2, 0.25) is 11.8 Å². The molecule has 0 aromatic heterocycles. The molecule has 0 fully saturated rings. The van der Waals surface area contributed by atoms with Crippen LogP contribution in [0, 0.1) is 0 Å². The fraction of sp³-hybridized carbons (Fsp3) is 0.167. The van der Waals surface area contributed by atoms with Gasteiger partial charge in [0.25, 0.3) is 0 Å². The van der Waals surface area contributed by atoms with E-state index in [-0.39, 0.29) is 11.8 Å². The summed E-state index contributed by atoms with van der Waals surface area (Å²) in [6.45, 7) is 4.00. The summed E-state index contributed by atoms with van der Waals surface area (Å²) in [6, 6.07) is 24.5. The van der Waals surface area contributed by atoms with Crippen LogP contribution in [0.2, 0.25) is 0 Å². The Morgan fingerprint density at radius 1 is 0.867 bits per heavy atom. The molecule has 0 aliphatic rings. The van der Waals surface area contributed by atoms with Crippen LogP contribution in [0.4, 0.5) is 11.4 Å². The minimum Gasteiger partial charge on any atom is -0.494 e. The fourth-order valence-corrected chi connectivity index (χ4v) is 3.89. The Kier molecular flexibility index (Phi) is 7.51. The highest BCUT2D eigenvalue weighted by Gasteiger charge is 2.22. The standard InChI is InChI=1S/C24H24N2O3S/c1-3-29-21-13-9-20(10-14-21)26-24(28)23(18-7-5-4-6-8-18)30-22-15-11-19(12-16-22)25-17(2)27/h4-16,23H,3H2,1-2H3,(H,25,27)(H,26,28). The number of nitrogens with one attached hydrogen (secondary N) is 2. The van der Waals surface area contributed by atoms with Gasteiger partial charge in [-0.3, -0.25) is 9.59 Å². The Bertz CT molecular complexity index is 974. The van der Waals surface area contributed by atoms with Gasteiger partial charge in [0, 0.05) is 23.2 Å². The van der Waals surface area contributed by atoms with Crippen molar-refractivity contribution in [2.24, 2.45) is 0 Å². The molecule has 3 rings (SSSR count). The third-order valence-corrected chi connectivity index (χ3v) is 5.47. The predicted octanol–water partition coefficient (Wildman–Crippen LogP) is 5.52. The molecule has 0 bridgehead atoms. The van der Waals surface area contributed by atoms with Crippen molar-refractivity contribution in [2.45, 2.75) is 24.0 Å². The molecule has 0 radical (unpaired) electrons. The average Bonchev–Trinajstić information content (AvgIpc) is 2.75. The molecule has 3 aromatic carbocycles. The molecule has 0 heterocycles.